The first-order chi connectivity index (χ1) is 32.3. The van der Waals surface area contributed by atoms with Gasteiger partial charge in [-0.15, -0.1) is 0 Å². The Morgan fingerprint density at radius 1 is 0.323 bits per heavy atom. The van der Waals surface area contributed by atoms with E-state index in [4.69, 9.17) is 0 Å². The van der Waals surface area contributed by atoms with Gasteiger partial charge in [0.2, 0.25) is 0 Å². The Morgan fingerprint density at radius 3 is 1.71 bits per heavy atom. The van der Waals surface area contributed by atoms with E-state index >= 15 is 0 Å². The van der Waals surface area contributed by atoms with Gasteiger partial charge in [-0.1, -0.05) is 188 Å². The van der Waals surface area contributed by atoms with Crippen LogP contribution in [0, 0.1) is 0 Å². The summed E-state index contributed by atoms with van der Waals surface area (Å²) in [6, 6.07) is 90.3. The molecule has 1 aromatic heterocycles. The van der Waals surface area contributed by atoms with E-state index in [9.17, 15) is 0 Å². The maximum atomic E-state index is 2.52. The molecule has 1 unspecified atom stereocenters. The average Bonchev–Trinajstić information content (AvgIpc) is 3.86. The van der Waals surface area contributed by atoms with Crippen LogP contribution in [-0.4, -0.2) is 4.57 Å². The second-order valence-corrected chi connectivity index (χ2v) is 17.5. The van der Waals surface area contributed by atoms with Crippen molar-refractivity contribution in [3.8, 4) is 39.1 Å². The van der Waals surface area contributed by atoms with Gasteiger partial charge in [-0.05, 0) is 126 Å². The second kappa shape index (κ2) is 13.8. The summed E-state index contributed by atoms with van der Waals surface area (Å²) in [5.41, 5.74) is 19.2. The van der Waals surface area contributed by atoms with E-state index in [0.29, 0.717) is 0 Å². The highest BCUT2D eigenvalue weighted by molar-refractivity contribution is 6.13. The SMILES string of the molecule is c1ccc(-c2ccc3c4c(cccc24)C2(c4ccccc4-c4ccc(N(c5ccc6c(c5)c5ccccc5n6-c5ccccc5)c5cccc6ccccc56)cc42)c2ccccc2-3)cc1. The molecule has 0 saturated heterocycles. The van der Waals surface area contributed by atoms with Crippen molar-refractivity contribution in [3.63, 3.8) is 0 Å². The van der Waals surface area contributed by atoms with Gasteiger partial charge in [0.15, 0.2) is 0 Å². The molecule has 1 spiro atoms. The van der Waals surface area contributed by atoms with Crippen molar-refractivity contribution < 1.29 is 0 Å². The maximum Gasteiger partial charge on any atom is 0.0726 e. The normalized spacial score (nSPS) is 14.5. The largest absolute Gasteiger partial charge is 0.310 e. The van der Waals surface area contributed by atoms with Gasteiger partial charge in [-0.3, -0.25) is 0 Å². The summed E-state index contributed by atoms with van der Waals surface area (Å²) in [6.45, 7) is 0. The molecule has 2 aliphatic rings. The van der Waals surface area contributed by atoms with E-state index in [1.54, 1.807) is 0 Å². The number of aromatic nitrogens is 1. The third-order valence-corrected chi connectivity index (χ3v) is 14.4. The fourth-order valence-corrected chi connectivity index (χ4v) is 11.8. The van der Waals surface area contributed by atoms with Crippen molar-refractivity contribution in [2.75, 3.05) is 4.90 Å². The van der Waals surface area contributed by atoms with Crippen LogP contribution in [0.25, 0.3) is 82.4 Å². The van der Waals surface area contributed by atoms with Crippen LogP contribution >= 0.6 is 0 Å². The van der Waals surface area contributed by atoms with E-state index < -0.39 is 5.41 Å². The zero-order chi connectivity index (χ0) is 42.6. The van der Waals surface area contributed by atoms with E-state index in [2.05, 4.69) is 252 Å². The van der Waals surface area contributed by atoms with Crippen molar-refractivity contribution in [1.29, 1.82) is 0 Å². The highest BCUT2D eigenvalue weighted by Gasteiger charge is 2.50. The lowest BCUT2D eigenvalue weighted by Gasteiger charge is -2.40. The van der Waals surface area contributed by atoms with Crippen LogP contribution in [0.5, 0.6) is 0 Å². The molecular formula is C63H40N2. The van der Waals surface area contributed by atoms with Gasteiger partial charge in [0, 0.05) is 33.2 Å². The van der Waals surface area contributed by atoms with Crippen molar-refractivity contribution in [1.82, 2.24) is 4.57 Å². The number of hydrogen-bond acceptors (Lipinski definition) is 1. The molecule has 1 atom stereocenters. The standard InChI is InChI=1S/C63H40N2/c1-3-17-41(18-4-1)46-36-37-53-49-25-10-13-29-56(49)63(57-30-16-27-52(46)62(53)57)55-28-12-9-24-48(55)50-35-33-45(40-58(50)63)64(59-32-15-20-42-19-7-8-23-47(42)59)44-34-38-61-54(39-44)51-26-11-14-31-60(51)65(61)43-21-5-2-6-22-43/h1-40H. The Bertz CT molecular complexity index is 3890. The van der Waals surface area contributed by atoms with E-state index in [-0.39, 0.29) is 0 Å². The summed E-state index contributed by atoms with van der Waals surface area (Å²) in [7, 11) is 0. The minimum absolute atomic E-state index is 0.572. The molecule has 0 amide bonds. The quantitative estimate of drug-likeness (QED) is 0.168. The van der Waals surface area contributed by atoms with Gasteiger partial charge < -0.3 is 9.47 Å². The Hall–Kier alpha value is -8.46. The summed E-state index contributed by atoms with van der Waals surface area (Å²) in [5, 5.41) is 7.47. The van der Waals surface area contributed by atoms with Crippen LogP contribution in [0.3, 0.4) is 0 Å². The van der Waals surface area contributed by atoms with E-state index in [1.165, 1.54) is 99.0 Å². The number of rotatable bonds is 5. The Labute approximate surface area is 377 Å². The minimum Gasteiger partial charge on any atom is -0.310 e. The van der Waals surface area contributed by atoms with Gasteiger partial charge in [0.1, 0.15) is 0 Å². The first-order valence-corrected chi connectivity index (χ1v) is 22.6. The predicted molar refractivity (Wildman–Crippen MR) is 272 cm³/mol. The molecule has 0 radical (unpaired) electrons. The van der Waals surface area contributed by atoms with Crippen LogP contribution in [0.1, 0.15) is 22.3 Å². The van der Waals surface area contributed by atoms with Gasteiger partial charge in [0.05, 0.1) is 22.1 Å². The molecule has 302 valence electrons. The van der Waals surface area contributed by atoms with E-state index in [0.717, 1.165) is 22.7 Å². The molecule has 2 aliphatic carbocycles. The Balaban J connectivity index is 1.07. The highest BCUT2D eigenvalue weighted by Crippen LogP contribution is 2.63. The molecule has 2 nitrogen and oxygen atoms in total. The van der Waals surface area contributed by atoms with Crippen LogP contribution < -0.4 is 4.90 Å². The molecule has 0 aliphatic heterocycles. The summed E-state index contributed by atoms with van der Waals surface area (Å²) < 4.78 is 2.40. The van der Waals surface area contributed by atoms with Crippen LogP contribution in [0.2, 0.25) is 0 Å². The molecule has 0 saturated carbocycles. The molecule has 12 aromatic rings. The fourth-order valence-electron chi connectivity index (χ4n) is 11.8. The number of hydrogen-bond donors (Lipinski definition) is 0. The molecule has 0 fully saturated rings. The zero-order valence-corrected chi connectivity index (χ0v) is 35.5. The molecule has 1 heterocycles. The van der Waals surface area contributed by atoms with Gasteiger partial charge in [-0.25, -0.2) is 0 Å². The first-order valence-electron chi connectivity index (χ1n) is 22.6. The number of anilines is 3. The van der Waals surface area contributed by atoms with Crippen LogP contribution in [0.4, 0.5) is 17.1 Å². The summed E-state index contributed by atoms with van der Waals surface area (Å²) in [4.78, 5) is 2.50. The number of nitrogens with zero attached hydrogens (tertiary/aromatic N) is 2. The Morgan fingerprint density at radius 2 is 0.877 bits per heavy atom. The molecular weight excluding hydrogens is 785 g/mol. The topological polar surface area (TPSA) is 8.17 Å². The monoisotopic (exact) mass is 824 g/mol. The lowest BCUT2D eigenvalue weighted by Crippen LogP contribution is -2.32. The van der Waals surface area contributed by atoms with Gasteiger partial charge >= 0.3 is 0 Å². The lowest BCUT2D eigenvalue weighted by atomic mass is 9.61. The molecule has 11 aromatic carbocycles. The Kier molecular flexibility index (Phi) is 7.64. The van der Waals surface area contributed by atoms with Crippen LogP contribution in [0.15, 0.2) is 243 Å². The maximum absolute atomic E-state index is 2.52. The molecule has 14 rings (SSSR count). The zero-order valence-electron chi connectivity index (χ0n) is 35.5. The van der Waals surface area contributed by atoms with Crippen molar-refractivity contribution in [3.05, 3.63) is 265 Å². The van der Waals surface area contributed by atoms with Crippen LogP contribution in [-0.2, 0) is 5.41 Å². The van der Waals surface area contributed by atoms with Gasteiger partial charge in [-0.2, -0.15) is 0 Å². The number of fused-ring (bicyclic) bond motifs is 13. The molecule has 65 heavy (non-hydrogen) atoms. The predicted octanol–water partition coefficient (Wildman–Crippen LogP) is 16.6. The lowest BCUT2D eigenvalue weighted by molar-refractivity contribution is 0.773. The molecule has 0 N–H and O–H groups in total. The highest BCUT2D eigenvalue weighted by atomic mass is 15.1. The third kappa shape index (κ3) is 4.99. The van der Waals surface area contributed by atoms with Crippen molar-refractivity contribution >= 4 is 60.4 Å². The summed E-state index contributed by atoms with van der Waals surface area (Å²) in [6.07, 6.45) is 0. The van der Waals surface area contributed by atoms with Crippen molar-refractivity contribution in [2.45, 2.75) is 5.41 Å². The number of benzene rings is 11. The number of para-hydroxylation sites is 2. The van der Waals surface area contributed by atoms with Gasteiger partial charge in [0.25, 0.3) is 0 Å². The third-order valence-electron chi connectivity index (χ3n) is 14.4. The molecule has 0 bridgehead atoms. The smallest absolute Gasteiger partial charge is 0.0726 e. The average molecular weight is 825 g/mol. The second-order valence-electron chi connectivity index (χ2n) is 17.5. The van der Waals surface area contributed by atoms with E-state index in [1.807, 2.05) is 0 Å². The fraction of sp³-hybridized carbons (Fsp3) is 0.0159. The summed E-state index contributed by atoms with van der Waals surface area (Å²) >= 11 is 0. The van der Waals surface area contributed by atoms with Crippen molar-refractivity contribution in [2.24, 2.45) is 0 Å². The first kappa shape index (κ1) is 36.1. The molecule has 2 heteroatoms. The summed E-state index contributed by atoms with van der Waals surface area (Å²) in [5.74, 6) is 0. The minimum atomic E-state index is -0.572.